The molecule has 0 radical (unpaired) electrons. The molecule has 3 rings (SSSR count). The molecule has 7 nitrogen and oxygen atoms in total. The molecular formula is C25H25ClN2O5S. The zero-order valence-electron chi connectivity index (χ0n) is 18.9. The number of nitrogens with one attached hydrogen (secondary N) is 2. The highest BCUT2D eigenvalue weighted by Gasteiger charge is 2.19. The van der Waals surface area contributed by atoms with Crippen molar-refractivity contribution in [2.45, 2.75) is 38.1 Å². The first-order valence-electron chi connectivity index (χ1n) is 10.5. The number of carbonyl (C=O) groups excluding carboxylic acids is 1. The SMILES string of the molecule is Cc1cc(S(=O)(=O)Nc2cccc(-c3ccc(C(=O)N[C@@H](C)CC(=O)O)cc3)c2)c(C)cc1Cl. The van der Waals surface area contributed by atoms with Crippen molar-refractivity contribution in [2.75, 3.05) is 4.72 Å². The zero-order valence-corrected chi connectivity index (χ0v) is 20.5. The Labute approximate surface area is 203 Å². The number of carboxylic acids is 1. The highest BCUT2D eigenvalue weighted by molar-refractivity contribution is 7.92. The fourth-order valence-corrected chi connectivity index (χ4v) is 5.03. The van der Waals surface area contributed by atoms with Crippen LogP contribution in [0.3, 0.4) is 0 Å². The van der Waals surface area contributed by atoms with Crippen molar-refractivity contribution in [3.8, 4) is 11.1 Å². The molecule has 0 aliphatic rings. The van der Waals surface area contributed by atoms with Gasteiger partial charge in [-0.1, -0.05) is 35.9 Å². The number of anilines is 1. The van der Waals surface area contributed by atoms with Crippen LogP contribution in [0.5, 0.6) is 0 Å². The van der Waals surface area contributed by atoms with E-state index in [9.17, 15) is 18.0 Å². The van der Waals surface area contributed by atoms with Crippen LogP contribution < -0.4 is 10.0 Å². The summed E-state index contributed by atoms with van der Waals surface area (Å²) in [5.74, 6) is -1.35. The van der Waals surface area contributed by atoms with Crippen LogP contribution in [0.15, 0.2) is 65.6 Å². The predicted molar refractivity (Wildman–Crippen MR) is 133 cm³/mol. The summed E-state index contributed by atoms with van der Waals surface area (Å²) in [6.45, 7) is 5.06. The summed E-state index contributed by atoms with van der Waals surface area (Å²) in [5, 5.41) is 12.0. The molecule has 1 amide bonds. The van der Waals surface area contributed by atoms with Crippen LogP contribution in [-0.4, -0.2) is 31.4 Å². The second-order valence-corrected chi connectivity index (χ2v) is 10.2. The van der Waals surface area contributed by atoms with Gasteiger partial charge in [-0.2, -0.15) is 0 Å². The molecule has 0 saturated heterocycles. The fraction of sp³-hybridized carbons (Fsp3) is 0.200. The molecule has 34 heavy (non-hydrogen) atoms. The number of aliphatic carboxylic acids is 1. The standard InChI is InChI=1S/C25H25ClN2O5S/c1-15-12-23(16(2)11-22(15)26)34(32,33)28-21-6-4-5-20(14-21)18-7-9-19(10-8-18)25(31)27-17(3)13-24(29)30/h4-12,14,17,28H,13H2,1-3H3,(H,27,31)(H,29,30)/t17-/m0/s1. The highest BCUT2D eigenvalue weighted by Crippen LogP contribution is 2.28. The van der Waals surface area contributed by atoms with Gasteiger partial charge in [0.2, 0.25) is 0 Å². The number of aryl methyl sites for hydroxylation is 2. The van der Waals surface area contributed by atoms with Gasteiger partial charge < -0.3 is 10.4 Å². The first kappa shape index (κ1) is 25.3. The van der Waals surface area contributed by atoms with Crippen molar-refractivity contribution in [1.29, 1.82) is 0 Å². The first-order valence-corrected chi connectivity index (χ1v) is 12.3. The smallest absolute Gasteiger partial charge is 0.305 e. The fourth-order valence-electron chi connectivity index (χ4n) is 3.45. The molecule has 0 aliphatic carbocycles. The van der Waals surface area contributed by atoms with Gasteiger partial charge >= 0.3 is 5.97 Å². The van der Waals surface area contributed by atoms with E-state index in [4.69, 9.17) is 16.7 Å². The maximum Gasteiger partial charge on any atom is 0.305 e. The van der Waals surface area contributed by atoms with Crippen molar-refractivity contribution in [3.63, 3.8) is 0 Å². The maximum absolute atomic E-state index is 13.0. The Hall–Kier alpha value is -3.36. The highest BCUT2D eigenvalue weighted by atomic mass is 35.5. The second-order valence-electron chi connectivity index (χ2n) is 8.10. The van der Waals surface area contributed by atoms with E-state index in [0.717, 1.165) is 11.1 Å². The number of carboxylic acid groups (broad SMARTS) is 1. The van der Waals surface area contributed by atoms with Gasteiger partial charge in [-0.15, -0.1) is 0 Å². The molecule has 0 heterocycles. The van der Waals surface area contributed by atoms with Crippen LogP contribution in [-0.2, 0) is 14.8 Å². The Balaban J connectivity index is 1.78. The molecule has 178 valence electrons. The van der Waals surface area contributed by atoms with E-state index >= 15 is 0 Å². The van der Waals surface area contributed by atoms with E-state index in [1.165, 1.54) is 0 Å². The maximum atomic E-state index is 13.0. The third-order valence-corrected chi connectivity index (χ3v) is 7.13. The number of carbonyl (C=O) groups is 2. The first-order chi connectivity index (χ1) is 16.0. The lowest BCUT2D eigenvalue weighted by Gasteiger charge is -2.13. The molecule has 1 atom stereocenters. The minimum absolute atomic E-state index is 0.160. The molecule has 0 aromatic heterocycles. The predicted octanol–water partition coefficient (Wildman–Crippen LogP) is 5.02. The Morgan fingerprint density at radius 1 is 0.971 bits per heavy atom. The van der Waals surface area contributed by atoms with E-state index in [0.29, 0.717) is 27.4 Å². The number of rotatable bonds is 8. The van der Waals surface area contributed by atoms with E-state index in [1.54, 1.807) is 75.4 Å². The number of hydrogen-bond acceptors (Lipinski definition) is 4. The summed E-state index contributed by atoms with van der Waals surface area (Å²) in [4.78, 5) is 23.2. The summed E-state index contributed by atoms with van der Waals surface area (Å²) >= 11 is 6.10. The van der Waals surface area contributed by atoms with E-state index in [-0.39, 0.29) is 17.2 Å². The Bertz CT molecular complexity index is 1340. The quantitative estimate of drug-likeness (QED) is 0.402. The topological polar surface area (TPSA) is 113 Å². The lowest BCUT2D eigenvalue weighted by atomic mass is 10.0. The molecular weight excluding hydrogens is 476 g/mol. The number of amides is 1. The van der Waals surface area contributed by atoms with Gasteiger partial charge in [0, 0.05) is 22.3 Å². The Morgan fingerprint density at radius 3 is 2.29 bits per heavy atom. The van der Waals surface area contributed by atoms with Crippen LogP contribution in [0.25, 0.3) is 11.1 Å². The van der Waals surface area contributed by atoms with Crippen molar-refractivity contribution >= 4 is 39.2 Å². The van der Waals surface area contributed by atoms with Gasteiger partial charge in [0.05, 0.1) is 11.3 Å². The van der Waals surface area contributed by atoms with Crippen LogP contribution in [0.1, 0.15) is 34.8 Å². The molecule has 9 heteroatoms. The van der Waals surface area contributed by atoms with Crippen LogP contribution >= 0.6 is 11.6 Å². The van der Waals surface area contributed by atoms with E-state index in [2.05, 4.69) is 10.0 Å². The van der Waals surface area contributed by atoms with Gasteiger partial charge in [-0.05, 0) is 79.4 Å². The second kappa shape index (κ2) is 10.3. The lowest BCUT2D eigenvalue weighted by molar-refractivity contribution is -0.137. The average molecular weight is 501 g/mol. The average Bonchev–Trinajstić information content (AvgIpc) is 2.75. The van der Waals surface area contributed by atoms with Crippen LogP contribution in [0.2, 0.25) is 5.02 Å². The summed E-state index contributed by atoms with van der Waals surface area (Å²) in [6.07, 6.45) is -0.165. The van der Waals surface area contributed by atoms with Crippen molar-refractivity contribution in [3.05, 3.63) is 82.4 Å². The number of sulfonamides is 1. The summed E-state index contributed by atoms with van der Waals surface area (Å²) < 4.78 is 28.6. The summed E-state index contributed by atoms with van der Waals surface area (Å²) in [6, 6.07) is 16.4. The van der Waals surface area contributed by atoms with Crippen molar-refractivity contribution < 1.29 is 23.1 Å². The zero-order chi connectivity index (χ0) is 25.0. The summed E-state index contributed by atoms with van der Waals surface area (Å²) in [7, 11) is -3.82. The third-order valence-electron chi connectivity index (χ3n) is 5.20. The largest absolute Gasteiger partial charge is 0.481 e. The minimum atomic E-state index is -3.82. The minimum Gasteiger partial charge on any atom is -0.481 e. The Morgan fingerprint density at radius 2 is 1.65 bits per heavy atom. The lowest BCUT2D eigenvalue weighted by Crippen LogP contribution is -2.34. The van der Waals surface area contributed by atoms with Crippen molar-refractivity contribution in [2.24, 2.45) is 0 Å². The van der Waals surface area contributed by atoms with Gasteiger partial charge in [-0.3, -0.25) is 14.3 Å². The molecule has 0 bridgehead atoms. The molecule has 0 fully saturated rings. The number of hydrogen-bond donors (Lipinski definition) is 3. The van der Waals surface area contributed by atoms with Gasteiger partial charge in [0.15, 0.2) is 0 Å². The van der Waals surface area contributed by atoms with Gasteiger partial charge in [0.25, 0.3) is 15.9 Å². The summed E-state index contributed by atoms with van der Waals surface area (Å²) in [5.41, 5.74) is 3.55. The Kier molecular flexibility index (Phi) is 7.64. The third kappa shape index (κ3) is 6.15. The molecule has 3 aromatic carbocycles. The number of halogens is 1. The molecule has 3 aromatic rings. The van der Waals surface area contributed by atoms with E-state index in [1.807, 2.05) is 6.07 Å². The normalized spacial score (nSPS) is 12.1. The van der Waals surface area contributed by atoms with Crippen LogP contribution in [0.4, 0.5) is 5.69 Å². The molecule has 0 unspecified atom stereocenters. The van der Waals surface area contributed by atoms with Gasteiger partial charge in [-0.25, -0.2) is 8.42 Å². The van der Waals surface area contributed by atoms with Gasteiger partial charge in [0.1, 0.15) is 0 Å². The molecule has 3 N–H and O–H groups in total. The molecule has 0 aliphatic heterocycles. The molecule has 0 spiro atoms. The van der Waals surface area contributed by atoms with Crippen LogP contribution in [0, 0.1) is 13.8 Å². The van der Waals surface area contributed by atoms with Crippen molar-refractivity contribution in [1.82, 2.24) is 5.32 Å². The number of benzene rings is 3. The van der Waals surface area contributed by atoms with E-state index < -0.39 is 22.0 Å². The monoisotopic (exact) mass is 500 g/mol. The molecule has 0 saturated carbocycles.